The van der Waals surface area contributed by atoms with Gasteiger partial charge in [-0.15, -0.1) is 0 Å². The molecule has 1 aliphatic heterocycles. The molecule has 0 bridgehead atoms. The lowest BCUT2D eigenvalue weighted by atomic mass is 10.1. The van der Waals surface area contributed by atoms with E-state index in [0.717, 1.165) is 12.1 Å². The minimum absolute atomic E-state index is 0.0321. The van der Waals surface area contributed by atoms with Crippen LogP contribution in [0.2, 0.25) is 0 Å². The van der Waals surface area contributed by atoms with Gasteiger partial charge in [0.15, 0.2) is 0 Å². The van der Waals surface area contributed by atoms with E-state index in [1.807, 2.05) is 35.2 Å². The third-order valence-corrected chi connectivity index (χ3v) is 5.09. The Morgan fingerprint density at radius 2 is 1.66 bits per heavy atom. The van der Waals surface area contributed by atoms with Crippen molar-refractivity contribution in [1.82, 2.24) is 14.9 Å². The van der Waals surface area contributed by atoms with Crippen LogP contribution in [0.1, 0.15) is 21.7 Å². The van der Waals surface area contributed by atoms with Gasteiger partial charge >= 0.3 is 6.18 Å². The Labute approximate surface area is 183 Å². The topological polar surface area (TPSA) is 58.6 Å². The minimum Gasteiger partial charge on any atom is -0.439 e. The van der Waals surface area contributed by atoms with Crippen LogP contribution in [0.3, 0.4) is 0 Å². The van der Waals surface area contributed by atoms with Crippen LogP contribution in [-0.4, -0.2) is 47.0 Å². The summed E-state index contributed by atoms with van der Waals surface area (Å²) in [5.74, 6) is 1.89. The maximum Gasteiger partial charge on any atom is 0.416 e. The smallest absolute Gasteiger partial charge is 0.416 e. The molecule has 1 amide bonds. The molecule has 9 heteroatoms. The highest BCUT2D eigenvalue weighted by atomic mass is 19.4. The fourth-order valence-electron chi connectivity index (χ4n) is 3.50. The molecule has 1 aliphatic rings. The summed E-state index contributed by atoms with van der Waals surface area (Å²) in [4.78, 5) is 25.1. The third-order valence-electron chi connectivity index (χ3n) is 5.09. The number of hydrogen-bond donors (Lipinski definition) is 0. The Morgan fingerprint density at radius 3 is 2.34 bits per heavy atom. The molecule has 4 rings (SSSR count). The summed E-state index contributed by atoms with van der Waals surface area (Å²) in [6.45, 7) is 3.49. The first-order valence-electron chi connectivity index (χ1n) is 10.1. The highest BCUT2D eigenvalue weighted by molar-refractivity contribution is 5.94. The third kappa shape index (κ3) is 4.99. The summed E-state index contributed by atoms with van der Waals surface area (Å²) in [5, 5.41) is 0. The molecule has 2 heterocycles. The van der Waals surface area contributed by atoms with Crippen LogP contribution in [0.4, 0.5) is 19.0 Å². The van der Waals surface area contributed by atoms with Gasteiger partial charge in [-0.3, -0.25) is 4.79 Å². The molecule has 6 nitrogen and oxygen atoms in total. The van der Waals surface area contributed by atoms with E-state index in [4.69, 9.17) is 4.74 Å². The van der Waals surface area contributed by atoms with Crippen LogP contribution in [0.5, 0.6) is 11.6 Å². The summed E-state index contributed by atoms with van der Waals surface area (Å²) < 4.78 is 44.7. The van der Waals surface area contributed by atoms with Crippen LogP contribution in [0.15, 0.2) is 60.7 Å². The fourth-order valence-corrected chi connectivity index (χ4v) is 3.50. The monoisotopic (exact) mass is 442 g/mol. The van der Waals surface area contributed by atoms with Crippen LogP contribution in [0.25, 0.3) is 0 Å². The van der Waals surface area contributed by atoms with Gasteiger partial charge in [-0.05, 0) is 37.3 Å². The standard InChI is InChI=1S/C23H21F3N4O2/c1-16-27-20(15-21(28-16)32-19-8-3-2-4-9-19)29-10-12-30(13-11-29)22(31)17-6-5-7-18(14-17)23(24,25)26/h2-9,14-15H,10-13H2,1H3. The van der Waals surface area contributed by atoms with E-state index in [-0.39, 0.29) is 5.56 Å². The van der Waals surface area contributed by atoms with Gasteiger partial charge in [0.1, 0.15) is 17.4 Å². The lowest BCUT2D eigenvalue weighted by Gasteiger charge is -2.35. The summed E-state index contributed by atoms with van der Waals surface area (Å²) in [6, 6.07) is 15.5. The molecule has 1 fully saturated rings. The van der Waals surface area contributed by atoms with Crippen LogP contribution in [0, 0.1) is 6.92 Å². The van der Waals surface area contributed by atoms with Crippen molar-refractivity contribution in [2.75, 3.05) is 31.1 Å². The predicted octanol–water partition coefficient (Wildman–Crippen LogP) is 4.56. The zero-order valence-electron chi connectivity index (χ0n) is 17.3. The van der Waals surface area contributed by atoms with Gasteiger partial charge in [-0.25, -0.2) is 4.98 Å². The lowest BCUT2D eigenvalue weighted by Crippen LogP contribution is -2.49. The average Bonchev–Trinajstić information content (AvgIpc) is 2.78. The molecule has 32 heavy (non-hydrogen) atoms. The van der Waals surface area contributed by atoms with E-state index in [9.17, 15) is 18.0 Å². The molecule has 3 aromatic rings. The van der Waals surface area contributed by atoms with Crippen molar-refractivity contribution in [3.05, 3.63) is 77.6 Å². The maximum absolute atomic E-state index is 13.0. The Morgan fingerprint density at radius 1 is 0.938 bits per heavy atom. The number of piperazine rings is 1. The molecule has 1 saturated heterocycles. The number of aromatic nitrogens is 2. The molecule has 0 N–H and O–H groups in total. The van der Waals surface area contributed by atoms with Crippen molar-refractivity contribution in [2.24, 2.45) is 0 Å². The van der Waals surface area contributed by atoms with Crippen molar-refractivity contribution in [2.45, 2.75) is 13.1 Å². The van der Waals surface area contributed by atoms with E-state index in [0.29, 0.717) is 49.5 Å². The number of ether oxygens (including phenoxy) is 1. The van der Waals surface area contributed by atoms with E-state index in [2.05, 4.69) is 9.97 Å². The van der Waals surface area contributed by atoms with Gasteiger partial charge in [0.2, 0.25) is 5.88 Å². The minimum atomic E-state index is -4.49. The number of carbonyl (C=O) groups excluding carboxylic acids is 1. The normalized spacial score (nSPS) is 14.4. The summed E-state index contributed by atoms with van der Waals surface area (Å²) in [7, 11) is 0. The molecule has 2 aromatic carbocycles. The zero-order chi connectivity index (χ0) is 22.7. The van der Waals surface area contributed by atoms with Crippen LogP contribution >= 0.6 is 0 Å². The quantitative estimate of drug-likeness (QED) is 0.593. The molecule has 0 radical (unpaired) electrons. The molecule has 0 spiro atoms. The number of amides is 1. The van der Waals surface area contributed by atoms with Crippen LogP contribution < -0.4 is 9.64 Å². The van der Waals surface area contributed by atoms with Crippen molar-refractivity contribution in [3.63, 3.8) is 0 Å². The average molecular weight is 442 g/mol. The second kappa shape index (κ2) is 8.86. The number of alkyl halides is 3. The fraction of sp³-hybridized carbons (Fsp3) is 0.261. The van der Waals surface area contributed by atoms with Crippen molar-refractivity contribution in [3.8, 4) is 11.6 Å². The molecule has 166 valence electrons. The number of nitrogens with zero attached hydrogens (tertiary/aromatic N) is 4. The van der Waals surface area contributed by atoms with Crippen molar-refractivity contribution in [1.29, 1.82) is 0 Å². The first-order valence-corrected chi connectivity index (χ1v) is 10.1. The number of hydrogen-bond acceptors (Lipinski definition) is 5. The lowest BCUT2D eigenvalue weighted by molar-refractivity contribution is -0.137. The number of carbonyl (C=O) groups is 1. The maximum atomic E-state index is 13.0. The highest BCUT2D eigenvalue weighted by Gasteiger charge is 2.32. The van der Waals surface area contributed by atoms with Crippen molar-refractivity contribution < 1.29 is 22.7 Å². The van der Waals surface area contributed by atoms with E-state index in [1.165, 1.54) is 12.1 Å². The second-order valence-corrected chi connectivity index (χ2v) is 7.38. The molecule has 0 aliphatic carbocycles. The molecule has 0 atom stereocenters. The molecule has 0 saturated carbocycles. The molecule has 1 aromatic heterocycles. The van der Waals surface area contributed by atoms with Gasteiger partial charge in [0, 0.05) is 37.8 Å². The van der Waals surface area contributed by atoms with Gasteiger partial charge < -0.3 is 14.5 Å². The molecular weight excluding hydrogens is 421 g/mol. The van der Waals surface area contributed by atoms with E-state index < -0.39 is 17.6 Å². The first-order chi connectivity index (χ1) is 15.3. The number of para-hydroxylation sites is 1. The number of benzene rings is 2. The predicted molar refractivity (Wildman–Crippen MR) is 113 cm³/mol. The number of rotatable bonds is 4. The van der Waals surface area contributed by atoms with E-state index in [1.54, 1.807) is 17.9 Å². The SMILES string of the molecule is Cc1nc(Oc2ccccc2)cc(N2CCN(C(=O)c3cccc(C(F)(F)F)c3)CC2)n1. The Kier molecular flexibility index (Phi) is 5.98. The number of halogens is 3. The van der Waals surface area contributed by atoms with E-state index >= 15 is 0 Å². The highest BCUT2D eigenvalue weighted by Crippen LogP contribution is 2.30. The Balaban J connectivity index is 1.43. The Bertz CT molecular complexity index is 1100. The molecule has 0 unspecified atom stereocenters. The molecular formula is C23H21F3N4O2. The van der Waals surface area contributed by atoms with Gasteiger partial charge in [-0.1, -0.05) is 24.3 Å². The van der Waals surface area contributed by atoms with Gasteiger partial charge in [0.25, 0.3) is 5.91 Å². The summed E-state index contributed by atoms with van der Waals surface area (Å²) in [5.41, 5.74) is -0.797. The second-order valence-electron chi connectivity index (χ2n) is 7.38. The Hall–Kier alpha value is -3.62. The van der Waals surface area contributed by atoms with Gasteiger partial charge in [-0.2, -0.15) is 18.2 Å². The van der Waals surface area contributed by atoms with Crippen LogP contribution in [-0.2, 0) is 6.18 Å². The zero-order valence-corrected chi connectivity index (χ0v) is 17.3. The van der Waals surface area contributed by atoms with Crippen molar-refractivity contribution >= 4 is 11.7 Å². The largest absolute Gasteiger partial charge is 0.439 e. The first kappa shape index (κ1) is 21.6. The summed E-state index contributed by atoms with van der Waals surface area (Å²) in [6.07, 6.45) is -4.49. The number of aryl methyl sites for hydroxylation is 1. The van der Waals surface area contributed by atoms with Gasteiger partial charge in [0.05, 0.1) is 5.56 Å². The summed E-state index contributed by atoms with van der Waals surface area (Å²) >= 11 is 0. The number of anilines is 1.